The molecule has 1 aromatic carbocycles. The van der Waals surface area contributed by atoms with E-state index >= 15 is 0 Å². The van der Waals surface area contributed by atoms with Gasteiger partial charge >= 0.3 is 11.9 Å². The fraction of sp³-hybridized carbons (Fsp3) is 0.429. The molecule has 2 rings (SSSR count). The summed E-state index contributed by atoms with van der Waals surface area (Å²) in [6.07, 6.45) is 0.294. The Balaban J connectivity index is 2.11. The minimum Gasteiger partial charge on any atom is -0.468 e. The van der Waals surface area contributed by atoms with Gasteiger partial charge in [-0.15, -0.1) is 0 Å². The summed E-state index contributed by atoms with van der Waals surface area (Å²) in [4.78, 5) is 22.9. The summed E-state index contributed by atoms with van der Waals surface area (Å²) < 4.78 is 36.5. The molecule has 0 spiro atoms. The third kappa shape index (κ3) is 4.06. The number of carbonyl (C=O) groups is 2. The van der Waals surface area contributed by atoms with Crippen LogP contribution in [0.5, 0.6) is 0 Å². The molecule has 1 heterocycles. The van der Waals surface area contributed by atoms with Crippen LogP contribution in [-0.4, -0.2) is 53.2 Å². The molecular formula is C14H18N2O6S. The second-order valence-electron chi connectivity index (χ2n) is 5.06. The second kappa shape index (κ2) is 7.07. The number of benzene rings is 1. The molecule has 1 aromatic rings. The van der Waals surface area contributed by atoms with Crippen molar-refractivity contribution in [2.75, 3.05) is 20.8 Å². The second-order valence-corrected chi connectivity index (χ2v) is 6.77. The van der Waals surface area contributed by atoms with Crippen LogP contribution in [0.2, 0.25) is 0 Å². The highest BCUT2D eigenvalue weighted by Gasteiger charge is 2.32. The van der Waals surface area contributed by atoms with Crippen LogP contribution in [0, 0.1) is 0 Å². The maximum atomic E-state index is 12.4. The monoisotopic (exact) mass is 342 g/mol. The van der Waals surface area contributed by atoms with Crippen molar-refractivity contribution in [2.24, 2.45) is 0 Å². The van der Waals surface area contributed by atoms with Crippen LogP contribution in [0.3, 0.4) is 0 Å². The SMILES string of the molecule is COC(=O)c1cccc(S(=O)(=O)N[C@H]2CN[C@H](C(=O)OC)C2)c1. The average molecular weight is 342 g/mol. The van der Waals surface area contributed by atoms with Crippen molar-refractivity contribution in [3.63, 3.8) is 0 Å². The van der Waals surface area contributed by atoms with Crippen molar-refractivity contribution in [3.8, 4) is 0 Å². The van der Waals surface area contributed by atoms with Gasteiger partial charge in [0.2, 0.25) is 10.0 Å². The van der Waals surface area contributed by atoms with E-state index in [2.05, 4.69) is 19.5 Å². The molecule has 0 bridgehead atoms. The number of esters is 2. The highest BCUT2D eigenvalue weighted by molar-refractivity contribution is 7.89. The molecule has 0 saturated carbocycles. The van der Waals surface area contributed by atoms with Crippen molar-refractivity contribution in [2.45, 2.75) is 23.4 Å². The number of methoxy groups -OCH3 is 2. The number of carbonyl (C=O) groups excluding carboxylic acids is 2. The first-order valence-electron chi connectivity index (χ1n) is 6.89. The maximum Gasteiger partial charge on any atom is 0.337 e. The van der Waals surface area contributed by atoms with Gasteiger partial charge in [0.25, 0.3) is 0 Å². The summed E-state index contributed by atoms with van der Waals surface area (Å²) in [5, 5.41) is 2.89. The average Bonchev–Trinajstić information content (AvgIpc) is 3.01. The van der Waals surface area contributed by atoms with Gasteiger partial charge < -0.3 is 14.8 Å². The zero-order valence-electron chi connectivity index (χ0n) is 12.7. The van der Waals surface area contributed by atoms with E-state index in [9.17, 15) is 18.0 Å². The quantitative estimate of drug-likeness (QED) is 0.704. The molecule has 9 heteroatoms. The normalized spacial score (nSPS) is 21.0. The van der Waals surface area contributed by atoms with Crippen LogP contribution in [0.4, 0.5) is 0 Å². The van der Waals surface area contributed by atoms with Gasteiger partial charge in [-0.1, -0.05) is 6.07 Å². The molecule has 0 aliphatic carbocycles. The van der Waals surface area contributed by atoms with Crippen LogP contribution >= 0.6 is 0 Å². The molecule has 2 N–H and O–H groups in total. The fourth-order valence-corrected chi connectivity index (χ4v) is 3.64. The van der Waals surface area contributed by atoms with E-state index in [1.165, 1.54) is 38.5 Å². The topological polar surface area (TPSA) is 111 Å². The Morgan fingerprint density at radius 1 is 1.26 bits per heavy atom. The number of ether oxygens (including phenoxy) is 2. The number of rotatable bonds is 5. The molecule has 8 nitrogen and oxygen atoms in total. The van der Waals surface area contributed by atoms with E-state index in [4.69, 9.17) is 0 Å². The largest absolute Gasteiger partial charge is 0.468 e. The molecule has 0 radical (unpaired) electrons. The smallest absolute Gasteiger partial charge is 0.337 e. The van der Waals surface area contributed by atoms with Gasteiger partial charge in [-0.25, -0.2) is 17.9 Å². The Morgan fingerprint density at radius 3 is 2.65 bits per heavy atom. The lowest BCUT2D eigenvalue weighted by Crippen LogP contribution is -2.36. The van der Waals surface area contributed by atoms with Crippen LogP contribution in [-0.2, 0) is 24.3 Å². The Labute approximate surface area is 134 Å². The molecule has 0 amide bonds. The van der Waals surface area contributed by atoms with Crippen LogP contribution in [0.25, 0.3) is 0 Å². The summed E-state index contributed by atoms with van der Waals surface area (Å²) >= 11 is 0. The first-order chi connectivity index (χ1) is 10.9. The number of sulfonamides is 1. The summed E-state index contributed by atoms with van der Waals surface area (Å²) in [5.74, 6) is -1.05. The molecule has 23 heavy (non-hydrogen) atoms. The van der Waals surface area contributed by atoms with E-state index < -0.39 is 34.0 Å². The first-order valence-corrected chi connectivity index (χ1v) is 8.37. The van der Waals surface area contributed by atoms with Crippen molar-refractivity contribution >= 4 is 22.0 Å². The molecule has 1 saturated heterocycles. The predicted octanol–water partition coefficient (Wildman–Crippen LogP) is -0.345. The third-order valence-electron chi connectivity index (χ3n) is 3.50. The minimum atomic E-state index is -3.81. The van der Waals surface area contributed by atoms with Crippen LogP contribution in [0.1, 0.15) is 16.8 Å². The first kappa shape index (κ1) is 17.4. The molecule has 0 aromatic heterocycles. The van der Waals surface area contributed by atoms with Gasteiger partial charge in [-0.05, 0) is 24.6 Å². The van der Waals surface area contributed by atoms with Gasteiger partial charge in [-0.3, -0.25) is 4.79 Å². The molecule has 2 atom stereocenters. The highest BCUT2D eigenvalue weighted by Crippen LogP contribution is 2.15. The summed E-state index contributed by atoms with van der Waals surface area (Å²) in [6.45, 7) is 0.315. The lowest BCUT2D eigenvalue weighted by atomic mass is 10.2. The molecular weight excluding hydrogens is 324 g/mol. The summed E-state index contributed by atoms with van der Waals surface area (Å²) in [6, 6.07) is 4.59. The van der Waals surface area contributed by atoms with Gasteiger partial charge in [0.15, 0.2) is 0 Å². The predicted molar refractivity (Wildman–Crippen MR) is 80.3 cm³/mol. The van der Waals surface area contributed by atoms with Crippen LogP contribution < -0.4 is 10.0 Å². The zero-order valence-corrected chi connectivity index (χ0v) is 13.6. The van der Waals surface area contributed by atoms with Crippen molar-refractivity contribution in [1.29, 1.82) is 0 Å². The Hall–Kier alpha value is -1.97. The summed E-state index contributed by atoms with van der Waals surface area (Å²) in [5.41, 5.74) is 0.146. The molecule has 1 aliphatic heterocycles. The third-order valence-corrected chi connectivity index (χ3v) is 5.02. The lowest BCUT2D eigenvalue weighted by molar-refractivity contribution is -0.142. The number of nitrogens with one attached hydrogen (secondary N) is 2. The van der Waals surface area contributed by atoms with Gasteiger partial charge in [0, 0.05) is 12.6 Å². The van der Waals surface area contributed by atoms with E-state index in [1.54, 1.807) is 0 Å². The maximum absolute atomic E-state index is 12.4. The lowest BCUT2D eigenvalue weighted by Gasteiger charge is -2.13. The Bertz CT molecular complexity index is 703. The fourth-order valence-electron chi connectivity index (χ4n) is 2.34. The van der Waals surface area contributed by atoms with E-state index in [0.29, 0.717) is 13.0 Å². The Kier molecular flexibility index (Phi) is 5.34. The number of hydrogen-bond donors (Lipinski definition) is 2. The number of hydrogen-bond acceptors (Lipinski definition) is 7. The van der Waals surface area contributed by atoms with E-state index in [1.807, 2.05) is 0 Å². The van der Waals surface area contributed by atoms with Crippen molar-refractivity contribution < 1.29 is 27.5 Å². The Morgan fingerprint density at radius 2 is 2.00 bits per heavy atom. The van der Waals surface area contributed by atoms with Gasteiger partial charge in [0.1, 0.15) is 6.04 Å². The highest BCUT2D eigenvalue weighted by atomic mass is 32.2. The van der Waals surface area contributed by atoms with E-state index in [-0.39, 0.29) is 10.5 Å². The molecule has 0 unspecified atom stereocenters. The van der Waals surface area contributed by atoms with E-state index in [0.717, 1.165) is 0 Å². The molecule has 126 valence electrons. The van der Waals surface area contributed by atoms with Crippen molar-refractivity contribution in [3.05, 3.63) is 29.8 Å². The minimum absolute atomic E-state index is 0.0399. The molecule has 1 fully saturated rings. The van der Waals surface area contributed by atoms with Crippen LogP contribution in [0.15, 0.2) is 29.2 Å². The standard InChI is InChI=1S/C14H18N2O6S/c1-21-13(17)9-4-3-5-11(6-9)23(19,20)16-10-7-12(15-8-10)14(18)22-2/h3-6,10,12,15-16H,7-8H2,1-2H3/t10-,12+/m1/s1. The van der Waals surface area contributed by atoms with Gasteiger partial charge in [-0.2, -0.15) is 0 Å². The summed E-state index contributed by atoms with van der Waals surface area (Å²) in [7, 11) is -1.31. The van der Waals surface area contributed by atoms with Crippen molar-refractivity contribution in [1.82, 2.24) is 10.0 Å². The molecule has 1 aliphatic rings. The van der Waals surface area contributed by atoms with Gasteiger partial charge in [0.05, 0.1) is 24.7 Å². The zero-order chi connectivity index (χ0) is 17.0.